The van der Waals surface area contributed by atoms with Gasteiger partial charge in [-0.1, -0.05) is 42.5 Å². The lowest BCUT2D eigenvalue weighted by Gasteiger charge is -2.32. The molecule has 0 unspecified atom stereocenters. The fraction of sp³-hybridized carbons (Fsp3) is 0.409. The molecular weight excluding hydrogens is 386 g/mol. The van der Waals surface area contributed by atoms with Gasteiger partial charge < -0.3 is 14.8 Å². The molecule has 2 aromatic carbocycles. The summed E-state index contributed by atoms with van der Waals surface area (Å²) in [6.07, 6.45) is 2.40. The van der Waals surface area contributed by atoms with Crippen molar-refractivity contribution in [3.8, 4) is 0 Å². The van der Waals surface area contributed by atoms with Gasteiger partial charge in [-0.05, 0) is 29.2 Å². The van der Waals surface area contributed by atoms with Crippen molar-refractivity contribution in [2.45, 2.75) is 38.3 Å². The van der Waals surface area contributed by atoms with E-state index in [0.717, 1.165) is 62.8 Å². The van der Waals surface area contributed by atoms with Crippen molar-refractivity contribution in [1.82, 2.24) is 25.0 Å². The van der Waals surface area contributed by atoms with Crippen molar-refractivity contribution in [3.63, 3.8) is 0 Å². The minimum atomic E-state index is 0. The van der Waals surface area contributed by atoms with Crippen molar-refractivity contribution in [2.24, 2.45) is 0 Å². The van der Waals surface area contributed by atoms with Crippen LogP contribution >= 0.6 is 12.4 Å². The number of halogens is 1. The number of benzene rings is 2. The number of rotatable bonds is 3. The molecule has 1 saturated heterocycles. The molecule has 1 amide bonds. The third-order valence-corrected chi connectivity index (χ3v) is 6.09. The smallest absolute Gasteiger partial charge is 0.227 e. The Morgan fingerprint density at radius 2 is 1.83 bits per heavy atom. The number of hydrogen-bond donors (Lipinski definition) is 1. The van der Waals surface area contributed by atoms with Gasteiger partial charge in [0.15, 0.2) is 0 Å². The first-order valence-corrected chi connectivity index (χ1v) is 10.2. The van der Waals surface area contributed by atoms with Crippen LogP contribution in [0.4, 0.5) is 0 Å². The summed E-state index contributed by atoms with van der Waals surface area (Å²) in [6, 6.07) is 14.5. The van der Waals surface area contributed by atoms with Gasteiger partial charge in [0.1, 0.15) is 11.6 Å². The maximum Gasteiger partial charge on any atom is 0.227 e. The second kappa shape index (κ2) is 8.51. The molecule has 29 heavy (non-hydrogen) atoms. The van der Waals surface area contributed by atoms with Gasteiger partial charge in [0, 0.05) is 32.1 Å². The fourth-order valence-corrected chi connectivity index (χ4v) is 4.53. The molecule has 1 aromatic heterocycles. The van der Waals surface area contributed by atoms with E-state index in [9.17, 15) is 4.79 Å². The number of carbonyl (C=O) groups is 1. The zero-order chi connectivity index (χ0) is 18.9. The zero-order valence-electron chi connectivity index (χ0n) is 16.4. The van der Waals surface area contributed by atoms with E-state index in [-0.39, 0.29) is 18.3 Å². The van der Waals surface area contributed by atoms with Crippen LogP contribution in [0.15, 0.2) is 42.5 Å². The highest BCUT2D eigenvalue weighted by atomic mass is 35.5. The highest BCUT2D eigenvalue weighted by Gasteiger charge is 2.28. The third-order valence-electron chi connectivity index (χ3n) is 6.09. The van der Waals surface area contributed by atoms with Gasteiger partial charge in [-0.25, -0.2) is 0 Å². The van der Waals surface area contributed by atoms with Crippen LogP contribution in [0, 0.1) is 0 Å². The molecule has 3 aromatic rings. The lowest BCUT2D eigenvalue weighted by molar-refractivity contribution is -0.131. The number of aromatic nitrogens is 3. The molecule has 0 aliphatic carbocycles. The SMILES string of the molecule is Cl.O=C(Cc1cccc2ccccc12)N1CCC(c2nnc3n2CCNC3)CC1. The highest BCUT2D eigenvalue weighted by Crippen LogP contribution is 2.28. The Bertz CT molecular complexity index is 1000. The normalized spacial score (nSPS) is 17.0. The second-order valence-corrected chi connectivity index (χ2v) is 7.77. The zero-order valence-corrected chi connectivity index (χ0v) is 17.2. The molecule has 0 bridgehead atoms. The number of nitrogens with zero attached hydrogens (tertiary/aromatic N) is 4. The fourth-order valence-electron chi connectivity index (χ4n) is 4.53. The molecule has 2 aliphatic heterocycles. The van der Waals surface area contributed by atoms with E-state index in [0.29, 0.717) is 12.3 Å². The first kappa shape index (κ1) is 19.9. The Hall–Kier alpha value is -2.44. The number of amides is 1. The van der Waals surface area contributed by atoms with Crippen LogP contribution < -0.4 is 5.32 Å². The van der Waals surface area contributed by atoms with E-state index in [1.54, 1.807) is 0 Å². The Kier molecular flexibility index (Phi) is 5.83. The van der Waals surface area contributed by atoms with Crippen molar-refractivity contribution in [1.29, 1.82) is 0 Å². The summed E-state index contributed by atoms with van der Waals surface area (Å²) in [5, 5.41) is 14.5. The van der Waals surface area contributed by atoms with Gasteiger partial charge in [0.05, 0.1) is 13.0 Å². The molecule has 0 atom stereocenters. The van der Waals surface area contributed by atoms with E-state index >= 15 is 0 Å². The quantitative estimate of drug-likeness (QED) is 0.719. The van der Waals surface area contributed by atoms with E-state index in [4.69, 9.17) is 0 Å². The van der Waals surface area contributed by atoms with Gasteiger partial charge in [-0.3, -0.25) is 4.79 Å². The molecule has 0 spiro atoms. The minimum Gasteiger partial charge on any atom is -0.342 e. The van der Waals surface area contributed by atoms with Crippen molar-refractivity contribution < 1.29 is 4.79 Å². The number of nitrogens with one attached hydrogen (secondary N) is 1. The van der Waals surface area contributed by atoms with Gasteiger partial charge in [-0.2, -0.15) is 0 Å². The van der Waals surface area contributed by atoms with E-state index in [1.807, 2.05) is 23.1 Å². The van der Waals surface area contributed by atoms with Gasteiger partial charge >= 0.3 is 0 Å². The predicted octanol–water partition coefficient (Wildman–Crippen LogP) is 2.91. The Morgan fingerprint density at radius 1 is 1.03 bits per heavy atom. The van der Waals surface area contributed by atoms with Crippen LogP contribution in [0.2, 0.25) is 0 Å². The summed E-state index contributed by atoms with van der Waals surface area (Å²) in [7, 11) is 0. The van der Waals surface area contributed by atoms with Crippen molar-refractivity contribution in [2.75, 3.05) is 19.6 Å². The number of fused-ring (bicyclic) bond motifs is 2. The Labute approximate surface area is 176 Å². The third kappa shape index (κ3) is 3.87. The van der Waals surface area contributed by atoms with Crippen LogP contribution in [0.25, 0.3) is 10.8 Å². The van der Waals surface area contributed by atoms with Crippen molar-refractivity contribution >= 4 is 29.1 Å². The first-order valence-electron chi connectivity index (χ1n) is 10.2. The van der Waals surface area contributed by atoms with E-state index < -0.39 is 0 Å². The molecule has 152 valence electrons. The van der Waals surface area contributed by atoms with Crippen LogP contribution in [-0.4, -0.2) is 45.2 Å². The Morgan fingerprint density at radius 3 is 2.69 bits per heavy atom. The molecule has 3 heterocycles. The number of likely N-dealkylation sites (tertiary alicyclic amines) is 1. The summed E-state index contributed by atoms with van der Waals surface area (Å²) in [4.78, 5) is 14.9. The molecule has 7 heteroatoms. The van der Waals surface area contributed by atoms with Crippen LogP contribution in [0.1, 0.15) is 36.0 Å². The lowest BCUT2D eigenvalue weighted by Crippen LogP contribution is -2.39. The first-order chi connectivity index (χ1) is 13.8. The molecule has 2 aliphatic rings. The van der Waals surface area contributed by atoms with Crippen LogP contribution in [0.5, 0.6) is 0 Å². The monoisotopic (exact) mass is 411 g/mol. The summed E-state index contributed by atoms with van der Waals surface area (Å²) in [5.41, 5.74) is 1.12. The van der Waals surface area contributed by atoms with E-state index in [2.05, 4.69) is 44.3 Å². The van der Waals surface area contributed by atoms with Gasteiger partial charge in [-0.15, -0.1) is 22.6 Å². The molecule has 5 rings (SSSR count). The minimum absolute atomic E-state index is 0. The molecule has 0 radical (unpaired) electrons. The molecular formula is C22H26ClN5O. The summed E-state index contributed by atoms with van der Waals surface area (Å²) in [5.74, 6) is 2.77. The molecule has 6 nitrogen and oxygen atoms in total. The van der Waals surface area contributed by atoms with Crippen LogP contribution in [0.3, 0.4) is 0 Å². The van der Waals surface area contributed by atoms with Gasteiger partial charge in [0.2, 0.25) is 5.91 Å². The number of hydrogen-bond acceptors (Lipinski definition) is 4. The number of piperidine rings is 1. The summed E-state index contributed by atoms with van der Waals surface area (Å²) in [6.45, 7) is 4.32. The predicted molar refractivity (Wildman–Crippen MR) is 115 cm³/mol. The highest BCUT2D eigenvalue weighted by molar-refractivity contribution is 5.90. The van der Waals surface area contributed by atoms with Gasteiger partial charge in [0.25, 0.3) is 0 Å². The topological polar surface area (TPSA) is 63.1 Å². The van der Waals surface area contributed by atoms with Crippen molar-refractivity contribution in [3.05, 3.63) is 59.7 Å². The number of carbonyl (C=O) groups excluding carboxylic acids is 1. The van der Waals surface area contributed by atoms with E-state index in [1.165, 1.54) is 10.8 Å². The maximum atomic E-state index is 12.9. The Balaban J connectivity index is 0.00000205. The molecule has 1 N–H and O–H groups in total. The molecule has 1 fully saturated rings. The summed E-state index contributed by atoms with van der Waals surface area (Å²) < 4.78 is 2.27. The average molecular weight is 412 g/mol. The maximum absolute atomic E-state index is 12.9. The molecule has 0 saturated carbocycles. The average Bonchev–Trinajstić information content (AvgIpc) is 3.18. The summed E-state index contributed by atoms with van der Waals surface area (Å²) >= 11 is 0. The second-order valence-electron chi connectivity index (χ2n) is 7.77. The van der Waals surface area contributed by atoms with Crippen LogP contribution in [-0.2, 0) is 24.3 Å². The largest absolute Gasteiger partial charge is 0.342 e. The lowest BCUT2D eigenvalue weighted by atomic mass is 9.95. The standard InChI is InChI=1S/C22H25N5O.ClH/c28-21(14-18-6-3-5-16-4-1-2-7-19(16)18)26-11-8-17(9-12-26)22-25-24-20-15-23-10-13-27(20)22;/h1-7,17,23H,8-15H2;1H.